The van der Waals surface area contributed by atoms with E-state index in [1.54, 1.807) is 38.4 Å². The van der Waals surface area contributed by atoms with Gasteiger partial charge in [0, 0.05) is 37.8 Å². The van der Waals surface area contributed by atoms with Gasteiger partial charge < -0.3 is 16.0 Å². The van der Waals surface area contributed by atoms with Crippen molar-refractivity contribution < 1.29 is 9.59 Å². The number of hydrogen-bond acceptors (Lipinski definition) is 3. The molecule has 0 spiro atoms. The number of nitrogens with one attached hydrogen (secondary N) is 1. The lowest BCUT2D eigenvalue weighted by Crippen LogP contribution is -2.28. The Kier molecular flexibility index (Phi) is 6.84. The predicted octanol–water partition coefficient (Wildman–Crippen LogP) is 2.27. The van der Waals surface area contributed by atoms with Crippen LogP contribution in [0.25, 0.3) is 0 Å². The van der Waals surface area contributed by atoms with Gasteiger partial charge in [-0.3, -0.25) is 9.59 Å². The molecule has 1 saturated carbocycles. The van der Waals surface area contributed by atoms with Gasteiger partial charge in [-0.05, 0) is 37.0 Å². The summed E-state index contributed by atoms with van der Waals surface area (Å²) in [4.78, 5) is 25.5. The molecule has 6 heteroatoms. The lowest BCUT2D eigenvalue weighted by atomic mass is 10.00. The van der Waals surface area contributed by atoms with Gasteiger partial charge in [0.25, 0.3) is 5.91 Å². The van der Waals surface area contributed by atoms with Crippen molar-refractivity contribution in [1.29, 1.82) is 0 Å². The third-order valence-corrected chi connectivity index (χ3v) is 3.96. The number of hydrogen-bond donors (Lipinski definition) is 2. The van der Waals surface area contributed by atoms with Crippen LogP contribution in [0.4, 0.5) is 5.69 Å². The van der Waals surface area contributed by atoms with Crippen molar-refractivity contribution in [1.82, 2.24) is 4.90 Å². The molecule has 2 rings (SSSR count). The Bertz CT molecular complexity index is 534. The summed E-state index contributed by atoms with van der Waals surface area (Å²) in [6, 6.07) is 7.14. The maximum Gasteiger partial charge on any atom is 0.253 e. The Labute approximate surface area is 137 Å². The maximum atomic E-state index is 12.1. The predicted molar refractivity (Wildman–Crippen MR) is 90.3 cm³/mol. The van der Waals surface area contributed by atoms with Crippen LogP contribution in [0, 0.1) is 5.92 Å². The van der Waals surface area contributed by atoms with E-state index in [9.17, 15) is 9.59 Å². The Morgan fingerprint density at radius 3 is 2.64 bits per heavy atom. The normalized spacial score (nSPS) is 20.1. The number of carbonyl (C=O) groups is 2. The summed E-state index contributed by atoms with van der Waals surface area (Å²) in [5.74, 6) is 0.160. The number of benzene rings is 1. The Balaban J connectivity index is 0.00000242. The van der Waals surface area contributed by atoms with Gasteiger partial charge in [0.2, 0.25) is 5.91 Å². The Morgan fingerprint density at radius 2 is 2.05 bits per heavy atom. The van der Waals surface area contributed by atoms with Crippen molar-refractivity contribution in [2.24, 2.45) is 11.7 Å². The SMILES string of the molecule is CN(C)C(=O)c1cccc(NC(=O)C[C@@H]2CCC[C@H]2N)c1.Cl. The standard InChI is InChI=1S/C16H23N3O2.ClH/c1-19(2)16(21)12-6-3-7-13(9-12)18-15(20)10-11-5-4-8-14(11)17;/h3,6-7,9,11,14H,4-5,8,10,17H2,1-2H3,(H,18,20);1H/t11-,14+;/m0./s1. The first-order valence-corrected chi connectivity index (χ1v) is 7.34. The molecule has 3 N–H and O–H groups in total. The van der Waals surface area contributed by atoms with E-state index in [1.165, 1.54) is 4.90 Å². The monoisotopic (exact) mass is 325 g/mol. The van der Waals surface area contributed by atoms with E-state index in [0.717, 1.165) is 19.3 Å². The smallest absolute Gasteiger partial charge is 0.253 e. The molecule has 5 nitrogen and oxygen atoms in total. The zero-order chi connectivity index (χ0) is 15.4. The number of nitrogens with zero attached hydrogens (tertiary/aromatic N) is 1. The molecule has 1 aromatic carbocycles. The summed E-state index contributed by atoms with van der Waals surface area (Å²) in [6.45, 7) is 0. The fraction of sp³-hybridized carbons (Fsp3) is 0.500. The number of anilines is 1. The first kappa shape index (κ1) is 18.5. The van der Waals surface area contributed by atoms with E-state index < -0.39 is 0 Å². The van der Waals surface area contributed by atoms with Gasteiger partial charge in [-0.2, -0.15) is 0 Å². The minimum absolute atomic E-state index is 0. The summed E-state index contributed by atoms with van der Waals surface area (Å²) in [6.07, 6.45) is 3.58. The summed E-state index contributed by atoms with van der Waals surface area (Å²) >= 11 is 0. The number of halogens is 1. The van der Waals surface area contributed by atoms with Crippen molar-refractivity contribution in [2.75, 3.05) is 19.4 Å². The summed E-state index contributed by atoms with van der Waals surface area (Å²) < 4.78 is 0. The second-order valence-electron chi connectivity index (χ2n) is 5.89. The highest BCUT2D eigenvalue weighted by molar-refractivity contribution is 5.97. The topological polar surface area (TPSA) is 75.4 Å². The number of nitrogens with two attached hydrogens (primary N) is 1. The number of amides is 2. The average molecular weight is 326 g/mol. The summed E-state index contributed by atoms with van der Waals surface area (Å²) in [7, 11) is 3.41. The molecule has 22 heavy (non-hydrogen) atoms. The molecular weight excluding hydrogens is 302 g/mol. The minimum Gasteiger partial charge on any atom is -0.345 e. The molecule has 0 heterocycles. The van der Waals surface area contributed by atoms with Crippen molar-refractivity contribution in [3.05, 3.63) is 29.8 Å². The van der Waals surface area contributed by atoms with Crippen molar-refractivity contribution in [3.63, 3.8) is 0 Å². The number of rotatable bonds is 4. The van der Waals surface area contributed by atoms with E-state index in [4.69, 9.17) is 5.73 Å². The highest BCUT2D eigenvalue weighted by Crippen LogP contribution is 2.27. The van der Waals surface area contributed by atoms with Crippen molar-refractivity contribution in [2.45, 2.75) is 31.7 Å². The lowest BCUT2D eigenvalue weighted by molar-refractivity contribution is -0.117. The summed E-state index contributed by atoms with van der Waals surface area (Å²) in [5.41, 5.74) is 7.20. The van der Waals surface area contributed by atoms with Crippen LogP contribution < -0.4 is 11.1 Å². The van der Waals surface area contributed by atoms with Gasteiger partial charge in [-0.25, -0.2) is 0 Å². The second-order valence-corrected chi connectivity index (χ2v) is 5.89. The van der Waals surface area contributed by atoms with Gasteiger partial charge in [0.15, 0.2) is 0 Å². The highest BCUT2D eigenvalue weighted by atomic mass is 35.5. The first-order chi connectivity index (χ1) is 9.97. The molecule has 1 aliphatic rings. The van der Waals surface area contributed by atoms with Gasteiger partial charge in [-0.15, -0.1) is 12.4 Å². The molecule has 0 radical (unpaired) electrons. The zero-order valence-corrected chi connectivity index (χ0v) is 13.9. The average Bonchev–Trinajstić information content (AvgIpc) is 2.83. The van der Waals surface area contributed by atoms with Gasteiger partial charge >= 0.3 is 0 Å². The Morgan fingerprint density at radius 1 is 1.32 bits per heavy atom. The second kappa shape index (κ2) is 8.15. The fourth-order valence-corrected chi connectivity index (χ4v) is 2.76. The summed E-state index contributed by atoms with van der Waals surface area (Å²) in [5, 5.41) is 2.86. The van der Waals surface area contributed by atoms with Crippen LogP contribution in [0.1, 0.15) is 36.0 Å². The van der Waals surface area contributed by atoms with E-state index in [2.05, 4.69) is 5.32 Å². The van der Waals surface area contributed by atoms with Crippen molar-refractivity contribution in [3.8, 4) is 0 Å². The molecule has 0 aliphatic heterocycles. The Hall–Kier alpha value is -1.59. The van der Waals surface area contributed by atoms with Crippen LogP contribution in [-0.2, 0) is 4.79 Å². The van der Waals surface area contributed by atoms with Crippen molar-refractivity contribution >= 4 is 29.9 Å². The van der Waals surface area contributed by atoms with Gasteiger partial charge in [0.1, 0.15) is 0 Å². The molecular formula is C16H24ClN3O2. The van der Waals surface area contributed by atoms with Gasteiger partial charge in [-0.1, -0.05) is 12.5 Å². The molecule has 2 atom stereocenters. The minimum atomic E-state index is -0.0797. The molecule has 1 fully saturated rings. The fourth-order valence-electron chi connectivity index (χ4n) is 2.76. The van der Waals surface area contributed by atoms with Crippen LogP contribution in [0.15, 0.2) is 24.3 Å². The zero-order valence-electron chi connectivity index (χ0n) is 13.0. The molecule has 0 bridgehead atoms. The first-order valence-electron chi connectivity index (χ1n) is 7.34. The van der Waals surface area contributed by atoms with Gasteiger partial charge in [0.05, 0.1) is 0 Å². The highest BCUT2D eigenvalue weighted by Gasteiger charge is 2.26. The lowest BCUT2D eigenvalue weighted by Gasteiger charge is -2.15. The third-order valence-electron chi connectivity index (χ3n) is 3.96. The van der Waals surface area contributed by atoms with E-state index in [1.807, 2.05) is 0 Å². The van der Waals surface area contributed by atoms with Crippen LogP contribution in [0.2, 0.25) is 0 Å². The molecule has 1 aromatic rings. The van der Waals surface area contributed by atoms with Crippen LogP contribution in [0.3, 0.4) is 0 Å². The van der Waals surface area contributed by atoms with Crippen LogP contribution in [0.5, 0.6) is 0 Å². The molecule has 122 valence electrons. The molecule has 2 amide bonds. The van der Waals surface area contributed by atoms with Crippen LogP contribution >= 0.6 is 12.4 Å². The van der Waals surface area contributed by atoms with E-state index in [0.29, 0.717) is 17.7 Å². The molecule has 0 aromatic heterocycles. The van der Waals surface area contributed by atoms with Crippen LogP contribution in [-0.4, -0.2) is 36.9 Å². The van der Waals surface area contributed by atoms with E-state index >= 15 is 0 Å². The van der Waals surface area contributed by atoms with E-state index in [-0.39, 0.29) is 36.2 Å². The molecule has 0 unspecified atom stereocenters. The molecule has 1 aliphatic carbocycles. The molecule has 0 saturated heterocycles. The largest absolute Gasteiger partial charge is 0.345 e. The quantitative estimate of drug-likeness (QED) is 0.891. The number of carbonyl (C=O) groups excluding carboxylic acids is 2. The maximum absolute atomic E-state index is 12.1. The third kappa shape index (κ3) is 4.71.